The highest BCUT2D eigenvalue weighted by Crippen LogP contribution is 2.30. The van der Waals surface area contributed by atoms with Crippen LogP contribution in [0.4, 0.5) is 26.4 Å². The molecule has 2 aromatic carbocycles. The molecule has 0 radical (unpaired) electrons. The molecule has 1 aromatic heterocycles. The van der Waals surface area contributed by atoms with Gasteiger partial charge in [-0.05, 0) is 43.7 Å². The first-order valence-corrected chi connectivity index (χ1v) is 8.78. The van der Waals surface area contributed by atoms with Crippen molar-refractivity contribution in [1.82, 2.24) is 10.2 Å². The van der Waals surface area contributed by atoms with Crippen molar-refractivity contribution in [2.45, 2.75) is 13.8 Å². The van der Waals surface area contributed by atoms with Crippen LogP contribution in [0.1, 0.15) is 12.5 Å². The molecule has 25 heavy (non-hydrogen) atoms. The number of rotatable bonds is 5. The average Bonchev–Trinajstić information content (AvgIpc) is 3.04. The number of hydrogen-bond donors (Lipinski definition) is 2. The molecule has 1 heterocycles. The zero-order valence-electron chi connectivity index (χ0n) is 14.1. The summed E-state index contributed by atoms with van der Waals surface area (Å²) in [6, 6.07) is 17.2. The number of anilines is 4. The van der Waals surface area contributed by atoms with Crippen molar-refractivity contribution in [2.75, 3.05) is 22.1 Å². The molecular weight excluding hydrogens is 334 g/mol. The van der Waals surface area contributed by atoms with Gasteiger partial charge in [-0.25, -0.2) is 4.79 Å². The minimum Gasteiger partial charge on any atom is -0.317 e. The molecule has 0 unspecified atom stereocenters. The molecule has 0 spiro atoms. The number of aromatic nitrogens is 2. The van der Waals surface area contributed by atoms with Crippen molar-refractivity contribution in [2.24, 2.45) is 0 Å². The first-order valence-electron chi connectivity index (χ1n) is 7.96. The van der Waals surface area contributed by atoms with Gasteiger partial charge in [0.2, 0.25) is 10.3 Å². The lowest BCUT2D eigenvalue weighted by Crippen LogP contribution is -2.19. The summed E-state index contributed by atoms with van der Waals surface area (Å²) in [5.41, 5.74) is 2.86. The molecule has 2 amide bonds. The van der Waals surface area contributed by atoms with E-state index in [1.165, 1.54) is 11.3 Å². The Kier molecular flexibility index (Phi) is 5.25. The first kappa shape index (κ1) is 16.9. The molecule has 6 nitrogen and oxygen atoms in total. The zero-order valence-corrected chi connectivity index (χ0v) is 14.9. The molecule has 128 valence electrons. The van der Waals surface area contributed by atoms with Crippen LogP contribution in [0.5, 0.6) is 0 Å². The lowest BCUT2D eigenvalue weighted by molar-refractivity contribution is 0.262. The molecule has 0 aliphatic rings. The van der Waals surface area contributed by atoms with Crippen LogP contribution in [0, 0.1) is 6.92 Å². The number of benzene rings is 2. The Hall–Kier alpha value is -2.93. The van der Waals surface area contributed by atoms with E-state index in [-0.39, 0.29) is 6.03 Å². The Labute approximate surface area is 150 Å². The molecule has 3 aromatic rings. The standard InChI is InChI=1S/C18H19N5OS/c1-3-23(15-10-5-4-6-11-15)18-22-21-17(25-18)20-16(24)19-14-9-7-8-13(2)12-14/h4-12H,3H2,1-2H3,(H2,19,20,21,24). The van der Waals surface area contributed by atoms with Crippen molar-refractivity contribution >= 4 is 39.0 Å². The normalized spacial score (nSPS) is 10.3. The largest absolute Gasteiger partial charge is 0.325 e. The summed E-state index contributed by atoms with van der Waals surface area (Å²) in [4.78, 5) is 14.2. The second-order valence-electron chi connectivity index (χ2n) is 5.42. The van der Waals surface area contributed by atoms with Crippen molar-refractivity contribution in [1.29, 1.82) is 0 Å². The van der Waals surface area contributed by atoms with Gasteiger partial charge in [-0.15, -0.1) is 10.2 Å². The van der Waals surface area contributed by atoms with Crippen molar-refractivity contribution in [3.8, 4) is 0 Å². The summed E-state index contributed by atoms with van der Waals surface area (Å²) in [6.07, 6.45) is 0. The van der Waals surface area contributed by atoms with E-state index in [2.05, 4.69) is 20.8 Å². The summed E-state index contributed by atoms with van der Waals surface area (Å²) in [7, 11) is 0. The van der Waals surface area contributed by atoms with Crippen LogP contribution in [-0.2, 0) is 0 Å². The smallest absolute Gasteiger partial charge is 0.317 e. The fraction of sp³-hybridized carbons (Fsp3) is 0.167. The molecule has 0 bridgehead atoms. The highest BCUT2D eigenvalue weighted by Gasteiger charge is 2.14. The van der Waals surface area contributed by atoms with Crippen molar-refractivity contribution < 1.29 is 4.79 Å². The van der Waals surface area contributed by atoms with Gasteiger partial charge in [-0.3, -0.25) is 5.32 Å². The Morgan fingerprint density at radius 1 is 1.08 bits per heavy atom. The predicted molar refractivity (Wildman–Crippen MR) is 103 cm³/mol. The third-order valence-electron chi connectivity index (χ3n) is 3.53. The fourth-order valence-corrected chi connectivity index (χ4v) is 3.22. The van der Waals surface area contributed by atoms with E-state index in [0.717, 1.165) is 28.6 Å². The Balaban J connectivity index is 1.67. The number of nitrogens with one attached hydrogen (secondary N) is 2. The fourth-order valence-electron chi connectivity index (χ4n) is 2.39. The van der Waals surface area contributed by atoms with Gasteiger partial charge in [0.15, 0.2) is 0 Å². The van der Waals surface area contributed by atoms with Gasteiger partial charge < -0.3 is 10.2 Å². The van der Waals surface area contributed by atoms with E-state index in [9.17, 15) is 4.79 Å². The highest BCUT2D eigenvalue weighted by atomic mass is 32.1. The second-order valence-corrected chi connectivity index (χ2v) is 6.37. The lowest BCUT2D eigenvalue weighted by Gasteiger charge is -2.18. The number of para-hydroxylation sites is 1. The number of aryl methyl sites for hydroxylation is 1. The summed E-state index contributed by atoms with van der Waals surface area (Å²) in [5, 5.41) is 15.0. The molecule has 0 aliphatic carbocycles. The topological polar surface area (TPSA) is 70.2 Å². The first-order chi connectivity index (χ1) is 12.2. The van der Waals surface area contributed by atoms with E-state index in [0.29, 0.717) is 5.13 Å². The van der Waals surface area contributed by atoms with Crippen LogP contribution < -0.4 is 15.5 Å². The van der Waals surface area contributed by atoms with E-state index in [1.807, 2.05) is 73.3 Å². The molecule has 3 rings (SSSR count). The molecule has 0 aliphatic heterocycles. The van der Waals surface area contributed by atoms with Crippen molar-refractivity contribution in [3.63, 3.8) is 0 Å². The van der Waals surface area contributed by atoms with Gasteiger partial charge in [0.25, 0.3) is 0 Å². The maximum Gasteiger partial charge on any atom is 0.325 e. The number of nitrogens with zero attached hydrogens (tertiary/aromatic N) is 3. The maximum absolute atomic E-state index is 12.1. The lowest BCUT2D eigenvalue weighted by atomic mass is 10.2. The Morgan fingerprint density at radius 3 is 2.60 bits per heavy atom. The Morgan fingerprint density at radius 2 is 1.88 bits per heavy atom. The number of carbonyl (C=O) groups excluding carboxylic acids is 1. The molecule has 7 heteroatoms. The van der Waals surface area contributed by atoms with E-state index in [1.54, 1.807) is 0 Å². The molecular formula is C18H19N5OS. The SMILES string of the molecule is CCN(c1ccccc1)c1nnc(NC(=O)Nc2cccc(C)c2)s1. The van der Waals surface area contributed by atoms with Crippen LogP contribution >= 0.6 is 11.3 Å². The number of amides is 2. The van der Waals surface area contributed by atoms with Crippen LogP contribution in [0.15, 0.2) is 54.6 Å². The van der Waals surface area contributed by atoms with Crippen LogP contribution in [0.25, 0.3) is 0 Å². The summed E-state index contributed by atoms with van der Waals surface area (Å²) in [6.45, 7) is 4.78. The maximum atomic E-state index is 12.1. The average molecular weight is 353 g/mol. The van der Waals surface area contributed by atoms with Gasteiger partial charge in [0, 0.05) is 17.9 Å². The van der Waals surface area contributed by atoms with Crippen LogP contribution in [0.3, 0.4) is 0 Å². The third kappa shape index (κ3) is 4.33. The van der Waals surface area contributed by atoms with Crippen LogP contribution in [0.2, 0.25) is 0 Å². The second kappa shape index (κ2) is 7.76. The third-order valence-corrected chi connectivity index (χ3v) is 4.39. The quantitative estimate of drug-likeness (QED) is 0.700. The van der Waals surface area contributed by atoms with Gasteiger partial charge in [-0.2, -0.15) is 0 Å². The highest BCUT2D eigenvalue weighted by molar-refractivity contribution is 7.19. The van der Waals surface area contributed by atoms with E-state index >= 15 is 0 Å². The molecule has 0 saturated heterocycles. The Bertz CT molecular complexity index is 849. The molecule has 0 saturated carbocycles. The molecule has 2 N–H and O–H groups in total. The number of urea groups is 1. The minimum atomic E-state index is -0.337. The van der Waals surface area contributed by atoms with E-state index in [4.69, 9.17) is 0 Å². The number of hydrogen-bond acceptors (Lipinski definition) is 5. The molecule has 0 fully saturated rings. The predicted octanol–water partition coefficient (Wildman–Crippen LogP) is 4.65. The van der Waals surface area contributed by atoms with E-state index < -0.39 is 0 Å². The van der Waals surface area contributed by atoms with Gasteiger partial charge in [0.05, 0.1) is 0 Å². The van der Waals surface area contributed by atoms with Crippen LogP contribution in [-0.4, -0.2) is 22.8 Å². The van der Waals surface area contributed by atoms with Gasteiger partial charge in [0.1, 0.15) is 0 Å². The zero-order chi connectivity index (χ0) is 17.6. The summed E-state index contributed by atoms with van der Waals surface area (Å²) in [5.74, 6) is 0. The van der Waals surface area contributed by atoms with Gasteiger partial charge >= 0.3 is 6.03 Å². The van der Waals surface area contributed by atoms with Gasteiger partial charge in [-0.1, -0.05) is 41.7 Å². The number of carbonyl (C=O) groups is 1. The van der Waals surface area contributed by atoms with Crippen molar-refractivity contribution in [3.05, 3.63) is 60.2 Å². The summed E-state index contributed by atoms with van der Waals surface area (Å²) >= 11 is 1.33. The summed E-state index contributed by atoms with van der Waals surface area (Å²) < 4.78 is 0. The monoisotopic (exact) mass is 353 g/mol. The molecule has 0 atom stereocenters. The minimum absolute atomic E-state index is 0.337.